The van der Waals surface area contributed by atoms with Crippen molar-refractivity contribution >= 4 is 190 Å². The summed E-state index contributed by atoms with van der Waals surface area (Å²) in [5.74, 6) is -4.13. The van der Waals surface area contributed by atoms with Gasteiger partial charge in [0.05, 0.1) is 24.0 Å². The number of aromatic carboxylic acids is 2. The maximum absolute atomic E-state index is 13.1. The van der Waals surface area contributed by atoms with Gasteiger partial charge in [0.25, 0.3) is 11.8 Å². The normalized spacial score (nSPS) is 11.3. The van der Waals surface area contributed by atoms with Crippen molar-refractivity contribution < 1.29 is 61.7 Å². The van der Waals surface area contributed by atoms with Crippen LogP contribution in [0, 0.1) is 0 Å². The molecule has 0 unspecified atom stereocenters. The number of anilines is 1. The summed E-state index contributed by atoms with van der Waals surface area (Å²) in [6.07, 6.45) is -0.130. The van der Waals surface area contributed by atoms with E-state index in [1.165, 1.54) is 34.0 Å². The molecule has 26 heteroatoms. The quantitative estimate of drug-likeness (QED) is 0.0715. The summed E-state index contributed by atoms with van der Waals surface area (Å²) in [5.41, 5.74) is 13.2. The van der Waals surface area contributed by atoms with Crippen LogP contribution in [-0.2, 0) is 22.3 Å². The lowest BCUT2D eigenvalue weighted by atomic mass is 10.0. The number of carboxylic acid groups (broad SMARTS) is 2. The van der Waals surface area contributed by atoms with Gasteiger partial charge in [0.1, 0.15) is 38.3 Å². The maximum Gasteiger partial charge on any atom is 0.392 e. The van der Waals surface area contributed by atoms with Gasteiger partial charge in [0, 0.05) is 60.3 Å². The minimum absolute atomic E-state index is 0.00896. The van der Waals surface area contributed by atoms with Crippen LogP contribution < -0.4 is 5.73 Å². The maximum atomic E-state index is 13.1. The molecule has 93 heavy (non-hydrogen) atoms. The third-order valence-electron chi connectivity index (χ3n) is 12.8. The molecule has 12 aromatic rings. The van der Waals surface area contributed by atoms with Crippen LogP contribution in [0.4, 0.5) is 5.00 Å². The predicted octanol–water partition coefficient (Wildman–Crippen LogP) is 20.3. The first-order chi connectivity index (χ1) is 44.0. The number of nitrogens with zero attached hydrogens (tertiary/aromatic N) is 3. The predicted molar refractivity (Wildman–Crippen MR) is 374 cm³/mol. The molecule has 476 valence electrons. The van der Waals surface area contributed by atoms with Crippen LogP contribution >= 0.6 is 117 Å². The summed E-state index contributed by atoms with van der Waals surface area (Å²) < 4.78 is 29.7. The van der Waals surface area contributed by atoms with Crippen molar-refractivity contribution in [2.45, 2.75) is 65.6 Å². The molecule has 0 bridgehead atoms. The summed E-state index contributed by atoms with van der Waals surface area (Å²) in [7, 11) is 0. The smallest absolute Gasteiger partial charge is 0.392 e. The van der Waals surface area contributed by atoms with Crippen molar-refractivity contribution in [1.82, 2.24) is 15.0 Å². The number of carbonyl (C=O) groups excluding carboxylic acids is 4. The number of oxazole rings is 3. The molecule has 0 atom stereocenters. The standard InChI is InChI=1S/C24H19BrClNO4S.C20H11BrClNO4S.C15H16ClNO2S.C8H4BrNO3/c1-24(2,3)31-23(29)21-16(13-4-7-15(26)8-5-13)12-32-20(21)11-18(28)22-27-17-10-14(25)6-9-19(17)30-22;21-11-3-6-16-14(7-11)23-19(27-16)15(24)8-17-18(20(25)26)13(9-28-17)10-1-4-12(22)5-2-10;1-15(2,3)19-14(18)12-11(8-20-13(12)17)9-4-6-10(16)7-5-9;9-4-1-2-6-5(3-4)10-7(13-6)8(11)12/h4-10,12H,11H2,1-3H3;1-7,9H,8H2,(H,25,26);4-8H,17H2,1-3H3;1-3H,(H,11,12). The first-order valence-electron chi connectivity index (χ1n) is 27.5. The molecule has 0 amide bonds. The minimum Gasteiger partial charge on any atom is -0.478 e. The number of fused-ring (bicyclic) bond motifs is 3. The van der Waals surface area contributed by atoms with E-state index < -0.39 is 35.1 Å². The molecule has 0 fully saturated rings. The lowest BCUT2D eigenvalue weighted by molar-refractivity contribution is 0.00583. The highest BCUT2D eigenvalue weighted by Gasteiger charge is 2.30. The van der Waals surface area contributed by atoms with E-state index in [-0.39, 0.29) is 47.6 Å². The number of hydrogen-bond donors (Lipinski definition) is 3. The first kappa shape index (κ1) is 69.5. The molecule has 6 heterocycles. The Balaban J connectivity index is 0.000000153. The van der Waals surface area contributed by atoms with Crippen molar-refractivity contribution in [2.75, 3.05) is 5.73 Å². The van der Waals surface area contributed by atoms with Crippen LogP contribution in [0.2, 0.25) is 15.1 Å². The van der Waals surface area contributed by atoms with Crippen molar-refractivity contribution in [1.29, 1.82) is 0 Å². The summed E-state index contributed by atoms with van der Waals surface area (Å²) in [6, 6.07) is 37.1. The number of Topliss-reactive ketones (excluding diaryl/α,β-unsaturated/α-hetero) is 2. The third-order valence-corrected chi connectivity index (χ3v) is 17.8. The van der Waals surface area contributed by atoms with Gasteiger partial charge in [-0.3, -0.25) is 9.59 Å². The SMILES string of the molecule is CC(C)(C)OC(=O)c1c(-c2ccc(Cl)cc2)csc1CC(=O)c1nc2cc(Br)ccc2o1.CC(C)(C)OC(=O)c1c(-c2ccc(Cl)cc2)csc1N.O=C(Cc1scc(-c2ccc(Cl)cc2)c1C(=O)O)c1nc2cc(Br)ccc2o1.O=C(O)c1nc2cc(Br)ccc2o1. The van der Waals surface area contributed by atoms with E-state index in [1.54, 1.807) is 123 Å². The Morgan fingerprint density at radius 1 is 0.462 bits per heavy atom. The molecule has 0 aliphatic carbocycles. The summed E-state index contributed by atoms with van der Waals surface area (Å²) >= 11 is 31.7. The molecule has 0 aliphatic heterocycles. The number of halogens is 6. The molecule has 0 saturated carbocycles. The summed E-state index contributed by atoms with van der Waals surface area (Å²) in [4.78, 5) is 86.7. The number of hydrogen-bond acceptors (Lipinski definition) is 18. The van der Waals surface area contributed by atoms with Gasteiger partial charge in [0.2, 0.25) is 11.6 Å². The van der Waals surface area contributed by atoms with Crippen molar-refractivity contribution in [2.24, 2.45) is 0 Å². The molecule has 0 aliphatic rings. The van der Waals surface area contributed by atoms with Crippen LogP contribution in [0.1, 0.15) is 114 Å². The number of rotatable bonds is 13. The van der Waals surface area contributed by atoms with E-state index in [0.717, 1.165) is 35.7 Å². The van der Waals surface area contributed by atoms with E-state index >= 15 is 0 Å². The lowest BCUT2D eigenvalue weighted by Gasteiger charge is -2.20. The summed E-state index contributed by atoms with van der Waals surface area (Å²) in [6.45, 7) is 10.9. The van der Waals surface area contributed by atoms with Gasteiger partial charge < -0.3 is 38.7 Å². The average Bonchev–Trinajstić information content (AvgIpc) is 1.70. The molecule has 12 rings (SSSR count). The molecule has 0 radical (unpaired) electrons. The number of nitrogens with two attached hydrogens (primary N) is 1. The fourth-order valence-electron chi connectivity index (χ4n) is 8.76. The fraction of sp³-hybridized carbons (Fsp3) is 0.149. The molecule has 17 nitrogen and oxygen atoms in total. The van der Waals surface area contributed by atoms with E-state index in [1.807, 2.05) is 61.9 Å². The second kappa shape index (κ2) is 29.6. The molecule has 6 aromatic heterocycles. The molecular formula is C67H50Br3Cl3N4O13S3. The van der Waals surface area contributed by atoms with Gasteiger partial charge in [-0.05, 0) is 160 Å². The van der Waals surface area contributed by atoms with Crippen LogP contribution in [0.15, 0.2) is 170 Å². The number of esters is 2. The molecule has 4 N–H and O–H groups in total. The van der Waals surface area contributed by atoms with E-state index in [2.05, 4.69) is 62.7 Å². The Morgan fingerprint density at radius 3 is 1.15 bits per heavy atom. The highest BCUT2D eigenvalue weighted by molar-refractivity contribution is 9.11. The number of aromatic nitrogens is 3. The Bertz CT molecular complexity index is 4790. The first-order valence-corrected chi connectivity index (χ1v) is 33.7. The Labute approximate surface area is 582 Å². The third kappa shape index (κ3) is 17.9. The van der Waals surface area contributed by atoms with Gasteiger partial charge in [-0.1, -0.05) is 119 Å². The molecule has 0 spiro atoms. The molecule has 6 aromatic carbocycles. The van der Waals surface area contributed by atoms with Crippen LogP contribution in [0.5, 0.6) is 0 Å². The van der Waals surface area contributed by atoms with E-state index in [9.17, 15) is 33.9 Å². The number of benzene rings is 6. The van der Waals surface area contributed by atoms with E-state index in [4.69, 9.17) is 68.4 Å². The lowest BCUT2D eigenvalue weighted by Crippen LogP contribution is -2.24. The van der Waals surface area contributed by atoms with Crippen LogP contribution in [0.25, 0.3) is 66.7 Å². The zero-order valence-corrected chi connectivity index (χ0v) is 59.0. The number of thiophene rings is 3. The Hall–Kier alpha value is -7.84. The number of carbonyl (C=O) groups is 6. The van der Waals surface area contributed by atoms with Crippen molar-refractivity contribution in [3.05, 3.63) is 216 Å². The zero-order chi connectivity index (χ0) is 67.2. The number of ketones is 2. The largest absolute Gasteiger partial charge is 0.478 e. The highest BCUT2D eigenvalue weighted by Crippen LogP contribution is 2.38. The number of carboxylic acids is 2. The van der Waals surface area contributed by atoms with Crippen molar-refractivity contribution in [3.63, 3.8) is 0 Å². The second-order valence-electron chi connectivity index (χ2n) is 22.0. The van der Waals surface area contributed by atoms with Crippen LogP contribution in [0.3, 0.4) is 0 Å². The Morgan fingerprint density at radius 2 is 0.785 bits per heavy atom. The number of ether oxygens (including phenoxy) is 2. The van der Waals surface area contributed by atoms with Crippen molar-refractivity contribution in [3.8, 4) is 33.4 Å². The zero-order valence-electron chi connectivity index (χ0n) is 49.6. The van der Waals surface area contributed by atoms with Gasteiger partial charge in [0.15, 0.2) is 16.7 Å². The summed E-state index contributed by atoms with van der Waals surface area (Å²) in [5, 5.41) is 26.0. The van der Waals surface area contributed by atoms with Gasteiger partial charge in [-0.25, -0.2) is 34.1 Å². The van der Waals surface area contributed by atoms with Crippen LogP contribution in [-0.4, -0.2) is 71.8 Å². The van der Waals surface area contributed by atoms with E-state index in [0.29, 0.717) is 85.4 Å². The van der Waals surface area contributed by atoms with Gasteiger partial charge >= 0.3 is 29.8 Å². The average molecular weight is 1560 g/mol. The number of nitrogen functional groups attached to an aromatic ring is 1. The van der Waals surface area contributed by atoms with Gasteiger partial charge in [-0.2, -0.15) is 0 Å². The van der Waals surface area contributed by atoms with Gasteiger partial charge in [-0.15, -0.1) is 34.0 Å². The molecule has 0 saturated heterocycles. The highest BCUT2D eigenvalue weighted by atomic mass is 79.9. The monoisotopic (exact) mass is 1560 g/mol. The second-order valence-corrected chi connectivity index (χ2v) is 28.9. The molecular weight excluding hydrogens is 1510 g/mol. The topological polar surface area (TPSA) is 265 Å². The fourth-order valence-corrected chi connectivity index (χ4v) is 13.1. The minimum atomic E-state index is -1.16. The Kier molecular flexibility index (Phi) is 22.1.